The topological polar surface area (TPSA) is 44.4 Å². The van der Waals surface area contributed by atoms with Crippen LogP contribution in [0.2, 0.25) is 0 Å². The summed E-state index contributed by atoms with van der Waals surface area (Å²) in [7, 11) is 0. The van der Waals surface area contributed by atoms with Crippen molar-refractivity contribution < 1.29 is 4.79 Å². The summed E-state index contributed by atoms with van der Waals surface area (Å²) in [6.07, 6.45) is 0. The molecule has 1 aliphatic heterocycles. The predicted molar refractivity (Wildman–Crippen MR) is 74.8 cm³/mol. The molecule has 1 aromatic rings. The Hall–Kier alpha value is -0.910. The fraction of sp³-hybridized carbons (Fsp3) is 0.615. The van der Waals surface area contributed by atoms with Crippen molar-refractivity contribution in [1.82, 2.24) is 15.5 Å². The van der Waals surface area contributed by atoms with E-state index in [0.717, 1.165) is 26.2 Å². The van der Waals surface area contributed by atoms with E-state index in [4.69, 9.17) is 0 Å². The highest BCUT2D eigenvalue weighted by Gasteiger charge is 2.22. The maximum atomic E-state index is 12.1. The lowest BCUT2D eigenvalue weighted by molar-refractivity contribution is -0.126. The van der Waals surface area contributed by atoms with E-state index in [1.54, 1.807) is 11.3 Å². The SMILES string of the molecule is Cc1ccc(CNC(=O)C(C)N2CCNCC2)s1. The quantitative estimate of drug-likeness (QED) is 0.854. The van der Waals surface area contributed by atoms with Crippen LogP contribution in [-0.4, -0.2) is 43.0 Å². The van der Waals surface area contributed by atoms with Gasteiger partial charge in [-0.3, -0.25) is 9.69 Å². The monoisotopic (exact) mass is 267 g/mol. The first-order valence-corrected chi connectivity index (χ1v) is 7.26. The summed E-state index contributed by atoms with van der Waals surface area (Å²) < 4.78 is 0. The fourth-order valence-electron chi connectivity index (χ4n) is 2.14. The normalized spacial score (nSPS) is 18.6. The largest absolute Gasteiger partial charge is 0.350 e. The zero-order chi connectivity index (χ0) is 13.0. The maximum absolute atomic E-state index is 12.1. The van der Waals surface area contributed by atoms with Gasteiger partial charge in [-0.05, 0) is 26.0 Å². The van der Waals surface area contributed by atoms with Crippen LogP contribution in [0.1, 0.15) is 16.7 Å². The molecule has 1 unspecified atom stereocenters. The zero-order valence-electron chi connectivity index (χ0n) is 11.0. The third-order valence-corrected chi connectivity index (χ3v) is 4.31. The highest BCUT2D eigenvalue weighted by molar-refractivity contribution is 7.11. The van der Waals surface area contributed by atoms with Gasteiger partial charge in [0.15, 0.2) is 0 Å². The molecule has 1 amide bonds. The predicted octanol–water partition coefficient (Wildman–Crippen LogP) is 0.966. The molecule has 0 aromatic carbocycles. The third kappa shape index (κ3) is 3.54. The van der Waals surface area contributed by atoms with Gasteiger partial charge < -0.3 is 10.6 Å². The van der Waals surface area contributed by atoms with Gasteiger partial charge in [0.05, 0.1) is 12.6 Å². The van der Waals surface area contributed by atoms with Gasteiger partial charge in [-0.15, -0.1) is 11.3 Å². The molecule has 1 fully saturated rings. The molecule has 1 aromatic heterocycles. The molecule has 2 heterocycles. The standard InChI is InChI=1S/C13H21N3OS/c1-10-3-4-12(18-10)9-15-13(17)11(2)16-7-5-14-6-8-16/h3-4,11,14H,5-9H2,1-2H3,(H,15,17). The number of carbonyl (C=O) groups excluding carboxylic acids is 1. The number of piperazine rings is 1. The van der Waals surface area contributed by atoms with Crippen LogP contribution in [-0.2, 0) is 11.3 Å². The van der Waals surface area contributed by atoms with Crippen LogP contribution in [0, 0.1) is 6.92 Å². The van der Waals surface area contributed by atoms with Crippen molar-refractivity contribution in [2.24, 2.45) is 0 Å². The Morgan fingerprint density at radius 1 is 1.50 bits per heavy atom. The van der Waals surface area contributed by atoms with Crippen molar-refractivity contribution in [3.05, 3.63) is 21.9 Å². The first kappa shape index (κ1) is 13.5. The number of amides is 1. The lowest BCUT2D eigenvalue weighted by atomic mass is 10.2. The number of hydrogen-bond acceptors (Lipinski definition) is 4. The minimum Gasteiger partial charge on any atom is -0.350 e. The molecule has 2 rings (SSSR count). The van der Waals surface area contributed by atoms with Gasteiger partial charge in [-0.25, -0.2) is 0 Å². The van der Waals surface area contributed by atoms with Gasteiger partial charge in [-0.2, -0.15) is 0 Å². The van der Waals surface area contributed by atoms with Gasteiger partial charge in [0.2, 0.25) is 5.91 Å². The number of hydrogen-bond donors (Lipinski definition) is 2. The number of nitrogens with one attached hydrogen (secondary N) is 2. The Bertz CT molecular complexity index is 399. The summed E-state index contributed by atoms with van der Waals surface area (Å²) in [4.78, 5) is 16.8. The van der Waals surface area contributed by atoms with Crippen LogP contribution in [0.3, 0.4) is 0 Å². The molecule has 1 atom stereocenters. The average Bonchev–Trinajstić information content (AvgIpc) is 2.82. The lowest BCUT2D eigenvalue weighted by Crippen LogP contribution is -2.52. The first-order valence-electron chi connectivity index (χ1n) is 6.44. The van der Waals surface area contributed by atoms with Gasteiger partial charge in [0, 0.05) is 35.9 Å². The van der Waals surface area contributed by atoms with E-state index in [0.29, 0.717) is 6.54 Å². The van der Waals surface area contributed by atoms with Crippen molar-refractivity contribution in [3.8, 4) is 0 Å². The highest BCUT2D eigenvalue weighted by atomic mass is 32.1. The van der Waals surface area contributed by atoms with Crippen molar-refractivity contribution in [2.75, 3.05) is 26.2 Å². The molecule has 1 aliphatic rings. The molecule has 0 saturated carbocycles. The number of carbonyl (C=O) groups is 1. The third-order valence-electron chi connectivity index (χ3n) is 3.31. The minimum absolute atomic E-state index is 0.0341. The molecule has 5 heteroatoms. The van der Waals surface area contributed by atoms with Gasteiger partial charge in [0.25, 0.3) is 0 Å². The number of rotatable bonds is 4. The molecule has 18 heavy (non-hydrogen) atoms. The van der Waals surface area contributed by atoms with Crippen LogP contribution in [0.15, 0.2) is 12.1 Å². The molecular formula is C13H21N3OS. The molecular weight excluding hydrogens is 246 g/mol. The van der Waals surface area contributed by atoms with Crippen LogP contribution >= 0.6 is 11.3 Å². The van der Waals surface area contributed by atoms with Crippen molar-refractivity contribution in [1.29, 1.82) is 0 Å². The van der Waals surface area contributed by atoms with Gasteiger partial charge in [-0.1, -0.05) is 0 Å². The number of thiophene rings is 1. The first-order chi connectivity index (χ1) is 8.66. The van der Waals surface area contributed by atoms with E-state index in [1.807, 2.05) is 6.92 Å². The van der Waals surface area contributed by atoms with Crippen LogP contribution < -0.4 is 10.6 Å². The second-order valence-corrected chi connectivity index (χ2v) is 6.06. The van der Waals surface area contributed by atoms with E-state index in [1.165, 1.54) is 9.75 Å². The highest BCUT2D eigenvalue weighted by Crippen LogP contribution is 2.14. The van der Waals surface area contributed by atoms with Crippen LogP contribution in [0.25, 0.3) is 0 Å². The Labute approximate surface area is 112 Å². The summed E-state index contributed by atoms with van der Waals surface area (Å²) in [5, 5.41) is 6.32. The van der Waals surface area contributed by atoms with Crippen molar-refractivity contribution in [3.63, 3.8) is 0 Å². The number of aryl methyl sites for hydroxylation is 1. The van der Waals surface area contributed by atoms with Gasteiger partial charge >= 0.3 is 0 Å². The molecule has 0 bridgehead atoms. The molecule has 2 N–H and O–H groups in total. The zero-order valence-corrected chi connectivity index (χ0v) is 11.8. The van der Waals surface area contributed by atoms with Crippen molar-refractivity contribution >= 4 is 17.2 Å². The Balaban J connectivity index is 1.79. The van der Waals surface area contributed by atoms with Crippen LogP contribution in [0.5, 0.6) is 0 Å². The molecule has 4 nitrogen and oxygen atoms in total. The van der Waals surface area contributed by atoms with E-state index < -0.39 is 0 Å². The van der Waals surface area contributed by atoms with Crippen molar-refractivity contribution in [2.45, 2.75) is 26.4 Å². The van der Waals surface area contributed by atoms with E-state index >= 15 is 0 Å². The summed E-state index contributed by atoms with van der Waals surface area (Å²) in [6, 6.07) is 4.13. The summed E-state index contributed by atoms with van der Waals surface area (Å²) >= 11 is 1.74. The molecule has 0 radical (unpaired) electrons. The smallest absolute Gasteiger partial charge is 0.237 e. The lowest BCUT2D eigenvalue weighted by Gasteiger charge is -2.31. The van der Waals surface area contributed by atoms with Gasteiger partial charge in [0.1, 0.15) is 0 Å². The number of nitrogens with zero attached hydrogens (tertiary/aromatic N) is 1. The summed E-state index contributed by atoms with van der Waals surface area (Å²) in [5.41, 5.74) is 0. The van der Waals surface area contributed by atoms with Crippen LogP contribution in [0.4, 0.5) is 0 Å². The molecule has 0 spiro atoms. The second-order valence-electron chi connectivity index (χ2n) is 4.69. The maximum Gasteiger partial charge on any atom is 0.237 e. The average molecular weight is 267 g/mol. The van der Waals surface area contributed by atoms with E-state index in [2.05, 4.69) is 34.6 Å². The Morgan fingerprint density at radius 3 is 2.83 bits per heavy atom. The minimum atomic E-state index is -0.0341. The Morgan fingerprint density at radius 2 is 2.22 bits per heavy atom. The fourth-order valence-corrected chi connectivity index (χ4v) is 2.97. The second kappa shape index (κ2) is 6.31. The molecule has 100 valence electrons. The Kier molecular flexibility index (Phi) is 4.74. The molecule has 1 saturated heterocycles. The summed E-state index contributed by atoms with van der Waals surface area (Å²) in [5.74, 6) is 0.128. The van der Waals surface area contributed by atoms with E-state index in [9.17, 15) is 4.79 Å². The molecule has 0 aliphatic carbocycles. The summed E-state index contributed by atoms with van der Waals surface area (Å²) in [6.45, 7) is 8.57. The van der Waals surface area contributed by atoms with E-state index in [-0.39, 0.29) is 11.9 Å².